The molecule has 4 aromatic rings. The van der Waals surface area contributed by atoms with E-state index in [1.807, 2.05) is 35.8 Å². The lowest BCUT2D eigenvalue weighted by molar-refractivity contribution is 0.568. The van der Waals surface area contributed by atoms with Crippen molar-refractivity contribution in [3.8, 4) is 11.1 Å². The molecule has 1 N–H and O–H groups in total. The van der Waals surface area contributed by atoms with Gasteiger partial charge in [0, 0.05) is 22.5 Å². The van der Waals surface area contributed by atoms with Crippen LogP contribution in [-0.2, 0) is 0 Å². The summed E-state index contributed by atoms with van der Waals surface area (Å²) in [5.74, 6) is 0. The molecule has 0 saturated carbocycles. The SMILES string of the molecule is O=c1oc2ccccc2c2c(-c3ccsc3)c[nH]c12. The molecule has 3 heterocycles. The van der Waals surface area contributed by atoms with Crippen LogP contribution in [0.25, 0.3) is 33.0 Å². The van der Waals surface area contributed by atoms with Gasteiger partial charge in [-0.05, 0) is 28.5 Å². The second-order valence-corrected chi connectivity index (χ2v) is 5.13. The van der Waals surface area contributed by atoms with Crippen molar-refractivity contribution in [1.29, 1.82) is 0 Å². The highest BCUT2D eigenvalue weighted by Gasteiger charge is 2.14. The predicted molar refractivity (Wildman–Crippen MR) is 77.7 cm³/mol. The average molecular weight is 267 g/mol. The fourth-order valence-corrected chi connectivity index (χ4v) is 3.08. The Morgan fingerprint density at radius 2 is 2.05 bits per heavy atom. The van der Waals surface area contributed by atoms with E-state index < -0.39 is 0 Å². The number of hydrogen-bond acceptors (Lipinski definition) is 3. The Morgan fingerprint density at radius 1 is 1.16 bits per heavy atom. The average Bonchev–Trinajstić information content (AvgIpc) is 3.08. The molecule has 0 unspecified atom stereocenters. The van der Waals surface area contributed by atoms with Crippen molar-refractivity contribution in [3.05, 3.63) is 57.7 Å². The predicted octanol–water partition coefficient (Wildman–Crippen LogP) is 4.00. The van der Waals surface area contributed by atoms with Crippen LogP contribution in [0.4, 0.5) is 0 Å². The molecule has 0 amide bonds. The number of nitrogens with one attached hydrogen (secondary N) is 1. The van der Waals surface area contributed by atoms with Gasteiger partial charge in [0.25, 0.3) is 0 Å². The highest BCUT2D eigenvalue weighted by molar-refractivity contribution is 7.08. The molecule has 19 heavy (non-hydrogen) atoms. The minimum absolute atomic E-state index is 0.324. The largest absolute Gasteiger partial charge is 0.421 e. The van der Waals surface area contributed by atoms with E-state index in [2.05, 4.69) is 16.4 Å². The highest BCUT2D eigenvalue weighted by Crippen LogP contribution is 2.33. The number of hydrogen-bond donors (Lipinski definition) is 1. The standard InChI is InChI=1S/C15H9NO2S/c17-15-14-13(10-3-1-2-4-12(10)18-15)11(7-16-14)9-5-6-19-8-9/h1-8,16H. The minimum Gasteiger partial charge on any atom is -0.421 e. The maximum atomic E-state index is 12.0. The van der Waals surface area contributed by atoms with Crippen LogP contribution < -0.4 is 5.63 Å². The molecule has 3 aromatic heterocycles. The van der Waals surface area contributed by atoms with Crippen molar-refractivity contribution < 1.29 is 4.42 Å². The molecule has 0 fully saturated rings. The number of fused-ring (bicyclic) bond motifs is 3. The molecule has 3 nitrogen and oxygen atoms in total. The van der Waals surface area contributed by atoms with Crippen LogP contribution in [0, 0.1) is 0 Å². The Labute approximate surface area is 112 Å². The lowest BCUT2D eigenvalue weighted by Gasteiger charge is -2.00. The molecule has 1 aromatic carbocycles. The van der Waals surface area contributed by atoms with Gasteiger partial charge in [0.05, 0.1) is 0 Å². The molecular formula is C15H9NO2S. The summed E-state index contributed by atoms with van der Waals surface area (Å²) in [5, 5.41) is 6.00. The zero-order valence-corrected chi connectivity index (χ0v) is 10.7. The number of aromatic amines is 1. The van der Waals surface area contributed by atoms with E-state index in [1.54, 1.807) is 11.3 Å². The monoisotopic (exact) mass is 267 g/mol. The molecule has 0 spiro atoms. The van der Waals surface area contributed by atoms with Crippen LogP contribution in [0.1, 0.15) is 0 Å². The molecule has 0 saturated heterocycles. The van der Waals surface area contributed by atoms with Crippen LogP contribution >= 0.6 is 11.3 Å². The first-order valence-corrected chi connectivity index (χ1v) is 6.84. The van der Waals surface area contributed by atoms with Crippen LogP contribution in [-0.4, -0.2) is 4.98 Å². The molecule has 0 bridgehead atoms. The zero-order chi connectivity index (χ0) is 12.8. The Morgan fingerprint density at radius 3 is 2.89 bits per heavy atom. The molecule has 4 rings (SSSR count). The summed E-state index contributed by atoms with van der Waals surface area (Å²) in [7, 11) is 0. The van der Waals surface area contributed by atoms with Gasteiger partial charge >= 0.3 is 5.63 Å². The topological polar surface area (TPSA) is 46.0 Å². The fourth-order valence-electron chi connectivity index (χ4n) is 2.42. The summed E-state index contributed by atoms with van der Waals surface area (Å²) >= 11 is 1.64. The van der Waals surface area contributed by atoms with Crippen molar-refractivity contribution in [1.82, 2.24) is 4.98 Å². The molecule has 0 atom stereocenters. The van der Waals surface area contributed by atoms with Crippen LogP contribution in [0.15, 0.2) is 56.5 Å². The molecule has 92 valence electrons. The molecule has 0 aliphatic rings. The van der Waals surface area contributed by atoms with Gasteiger partial charge in [-0.1, -0.05) is 18.2 Å². The van der Waals surface area contributed by atoms with Gasteiger partial charge in [0.15, 0.2) is 0 Å². The third kappa shape index (κ3) is 1.47. The van der Waals surface area contributed by atoms with Crippen molar-refractivity contribution in [2.75, 3.05) is 0 Å². The maximum Gasteiger partial charge on any atom is 0.360 e. The first-order valence-electron chi connectivity index (χ1n) is 5.90. The second-order valence-electron chi connectivity index (χ2n) is 4.35. The van der Waals surface area contributed by atoms with Gasteiger partial charge in [-0.15, -0.1) is 0 Å². The van der Waals surface area contributed by atoms with E-state index >= 15 is 0 Å². The van der Waals surface area contributed by atoms with Crippen LogP contribution in [0.2, 0.25) is 0 Å². The van der Waals surface area contributed by atoms with Gasteiger partial charge in [-0.3, -0.25) is 0 Å². The molecule has 0 aliphatic carbocycles. The van der Waals surface area contributed by atoms with Gasteiger partial charge in [0.2, 0.25) is 0 Å². The van der Waals surface area contributed by atoms with Gasteiger partial charge < -0.3 is 9.40 Å². The quantitative estimate of drug-likeness (QED) is 0.530. The van der Waals surface area contributed by atoms with E-state index in [1.165, 1.54) is 0 Å². The maximum absolute atomic E-state index is 12.0. The molecule has 0 radical (unpaired) electrons. The Balaban J connectivity index is 2.26. The lowest BCUT2D eigenvalue weighted by Crippen LogP contribution is -1.99. The number of para-hydroxylation sites is 1. The first kappa shape index (κ1) is 10.6. The van der Waals surface area contributed by atoms with E-state index in [4.69, 9.17) is 4.42 Å². The van der Waals surface area contributed by atoms with Crippen molar-refractivity contribution in [3.63, 3.8) is 0 Å². The third-order valence-electron chi connectivity index (χ3n) is 3.28. The number of rotatable bonds is 1. The summed E-state index contributed by atoms with van der Waals surface area (Å²) in [4.78, 5) is 15.0. The zero-order valence-electron chi connectivity index (χ0n) is 9.84. The summed E-state index contributed by atoms with van der Waals surface area (Å²) in [6.45, 7) is 0. The van der Waals surface area contributed by atoms with E-state index in [0.717, 1.165) is 21.9 Å². The highest BCUT2D eigenvalue weighted by atomic mass is 32.1. The lowest BCUT2D eigenvalue weighted by atomic mass is 10.1. The van der Waals surface area contributed by atoms with Gasteiger partial charge in [-0.25, -0.2) is 4.79 Å². The van der Waals surface area contributed by atoms with Crippen molar-refractivity contribution in [2.24, 2.45) is 0 Å². The number of benzene rings is 1. The Hall–Kier alpha value is -2.33. The summed E-state index contributed by atoms with van der Waals surface area (Å²) in [5.41, 5.74) is 2.98. The minimum atomic E-state index is -0.324. The van der Waals surface area contributed by atoms with E-state index in [9.17, 15) is 4.79 Å². The number of thiophene rings is 1. The molecular weight excluding hydrogens is 258 g/mol. The molecule has 4 heteroatoms. The van der Waals surface area contributed by atoms with Crippen LogP contribution in [0.5, 0.6) is 0 Å². The fraction of sp³-hybridized carbons (Fsp3) is 0. The summed E-state index contributed by atoms with van der Waals surface area (Å²) < 4.78 is 5.32. The normalized spacial score (nSPS) is 11.4. The van der Waals surface area contributed by atoms with Gasteiger partial charge in [-0.2, -0.15) is 11.3 Å². The first-order chi connectivity index (χ1) is 9.34. The number of H-pyrrole nitrogens is 1. The third-order valence-corrected chi connectivity index (χ3v) is 3.96. The van der Waals surface area contributed by atoms with Crippen molar-refractivity contribution in [2.45, 2.75) is 0 Å². The van der Waals surface area contributed by atoms with E-state index in [0.29, 0.717) is 11.1 Å². The second kappa shape index (κ2) is 3.83. The van der Waals surface area contributed by atoms with Crippen molar-refractivity contribution >= 4 is 33.2 Å². The summed E-state index contributed by atoms with van der Waals surface area (Å²) in [6, 6.07) is 9.67. The Kier molecular flexibility index (Phi) is 2.13. The summed E-state index contributed by atoms with van der Waals surface area (Å²) in [6.07, 6.45) is 1.87. The Bertz CT molecular complexity index is 932. The molecule has 0 aliphatic heterocycles. The van der Waals surface area contributed by atoms with Gasteiger partial charge in [0.1, 0.15) is 11.1 Å². The number of aromatic nitrogens is 1. The van der Waals surface area contributed by atoms with Crippen LogP contribution in [0.3, 0.4) is 0 Å². The van der Waals surface area contributed by atoms with E-state index in [-0.39, 0.29) is 5.63 Å². The smallest absolute Gasteiger partial charge is 0.360 e.